The van der Waals surface area contributed by atoms with Gasteiger partial charge < -0.3 is 10.3 Å². The van der Waals surface area contributed by atoms with Gasteiger partial charge in [-0.1, -0.05) is 32.0 Å². The molecular weight excluding hydrogens is 468 g/mol. The number of pyridine rings is 2. The molecule has 0 spiro atoms. The quantitative estimate of drug-likeness (QED) is 0.236. The molecule has 8 heteroatoms. The van der Waals surface area contributed by atoms with Gasteiger partial charge in [-0.25, -0.2) is 0 Å². The van der Waals surface area contributed by atoms with Gasteiger partial charge in [0.15, 0.2) is 0 Å². The van der Waals surface area contributed by atoms with Crippen LogP contribution in [0.1, 0.15) is 20.3 Å². The molecule has 0 aliphatic rings. The zero-order valence-electron chi connectivity index (χ0n) is 19.9. The van der Waals surface area contributed by atoms with Gasteiger partial charge in [0.05, 0.1) is 35.0 Å². The SMILES string of the molecule is CC(C)CC(=O)Nc1cncc(-c2cc3c(-c4cc5c(-c6cccs6)cccc5[nH]4)n[nH]c3cn2)c1. The van der Waals surface area contributed by atoms with E-state index in [2.05, 4.69) is 72.2 Å². The number of amides is 1. The number of thiophene rings is 1. The molecule has 5 aromatic heterocycles. The van der Waals surface area contributed by atoms with Gasteiger partial charge in [0.1, 0.15) is 5.69 Å². The molecule has 7 nitrogen and oxygen atoms in total. The van der Waals surface area contributed by atoms with Crippen molar-refractivity contribution in [1.82, 2.24) is 25.1 Å². The van der Waals surface area contributed by atoms with E-state index in [1.807, 2.05) is 26.0 Å². The maximum atomic E-state index is 12.2. The number of anilines is 1. The minimum absolute atomic E-state index is 0.0230. The van der Waals surface area contributed by atoms with Crippen LogP contribution in [0.5, 0.6) is 0 Å². The number of benzene rings is 1. The third kappa shape index (κ3) is 4.16. The zero-order valence-corrected chi connectivity index (χ0v) is 20.7. The first-order valence-electron chi connectivity index (χ1n) is 11.8. The van der Waals surface area contributed by atoms with Crippen LogP contribution in [-0.4, -0.2) is 31.1 Å². The lowest BCUT2D eigenvalue weighted by Crippen LogP contribution is -2.13. The fourth-order valence-corrected chi connectivity index (χ4v) is 5.21. The van der Waals surface area contributed by atoms with Crippen LogP contribution >= 0.6 is 11.3 Å². The lowest BCUT2D eigenvalue weighted by Gasteiger charge is -2.08. The Hall–Kier alpha value is -4.30. The van der Waals surface area contributed by atoms with E-state index in [4.69, 9.17) is 0 Å². The van der Waals surface area contributed by atoms with E-state index < -0.39 is 0 Å². The number of aromatic nitrogens is 5. The minimum Gasteiger partial charge on any atom is -0.353 e. The molecule has 0 radical (unpaired) electrons. The molecule has 178 valence electrons. The Kier molecular flexibility index (Phi) is 5.58. The zero-order chi connectivity index (χ0) is 24.6. The van der Waals surface area contributed by atoms with E-state index in [0.29, 0.717) is 12.1 Å². The normalized spacial score (nSPS) is 11.5. The molecule has 0 aliphatic carbocycles. The lowest BCUT2D eigenvalue weighted by atomic mass is 10.1. The molecule has 1 aromatic carbocycles. The number of aromatic amines is 2. The van der Waals surface area contributed by atoms with E-state index >= 15 is 0 Å². The van der Waals surface area contributed by atoms with Crippen molar-refractivity contribution in [2.24, 2.45) is 5.92 Å². The van der Waals surface area contributed by atoms with Gasteiger partial charge in [-0.05, 0) is 41.6 Å². The van der Waals surface area contributed by atoms with Crippen molar-refractivity contribution in [3.05, 3.63) is 72.5 Å². The molecule has 0 unspecified atom stereocenters. The van der Waals surface area contributed by atoms with Gasteiger partial charge in [-0.3, -0.25) is 19.9 Å². The Morgan fingerprint density at radius 2 is 1.94 bits per heavy atom. The number of nitrogens with zero attached hydrogens (tertiary/aromatic N) is 3. The summed E-state index contributed by atoms with van der Waals surface area (Å²) in [5, 5.41) is 14.9. The molecule has 0 saturated carbocycles. The van der Waals surface area contributed by atoms with Crippen LogP contribution in [0.25, 0.3) is 54.9 Å². The van der Waals surface area contributed by atoms with Crippen LogP contribution in [0.3, 0.4) is 0 Å². The number of carbonyl (C=O) groups excluding carboxylic acids is 1. The summed E-state index contributed by atoms with van der Waals surface area (Å²) in [4.78, 5) is 25.9. The van der Waals surface area contributed by atoms with Crippen LogP contribution in [0.4, 0.5) is 5.69 Å². The number of carbonyl (C=O) groups is 1. The number of H-pyrrole nitrogens is 2. The van der Waals surface area contributed by atoms with Gasteiger partial charge in [-0.2, -0.15) is 5.10 Å². The second-order valence-electron chi connectivity index (χ2n) is 9.22. The predicted molar refractivity (Wildman–Crippen MR) is 146 cm³/mol. The summed E-state index contributed by atoms with van der Waals surface area (Å²) < 4.78 is 0. The fourth-order valence-electron chi connectivity index (χ4n) is 4.44. The highest BCUT2D eigenvalue weighted by Gasteiger charge is 2.15. The largest absolute Gasteiger partial charge is 0.353 e. The first kappa shape index (κ1) is 22.2. The predicted octanol–water partition coefficient (Wildman–Crippen LogP) is 6.88. The second kappa shape index (κ2) is 9.05. The number of rotatable bonds is 6. The van der Waals surface area contributed by atoms with E-state index in [-0.39, 0.29) is 11.8 Å². The van der Waals surface area contributed by atoms with Crippen LogP contribution in [0, 0.1) is 5.92 Å². The third-order valence-corrected chi connectivity index (χ3v) is 6.97. The molecule has 5 heterocycles. The highest BCUT2D eigenvalue weighted by Crippen LogP contribution is 2.36. The van der Waals surface area contributed by atoms with E-state index in [1.54, 1.807) is 29.9 Å². The van der Waals surface area contributed by atoms with Gasteiger partial charge in [0.2, 0.25) is 5.91 Å². The Balaban J connectivity index is 1.38. The van der Waals surface area contributed by atoms with Crippen LogP contribution in [-0.2, 0) is 4.79 Å². The van der Waals surface area contributed by atoms with Crippen molar-refractivity contribution >= 4 is 44.7 Å². The van der Waals surface area contributed by atoms with E-state index in [9.17, 15) is 4.79 Å². The minimum atomic E-state index is -0.0230. The topological polar surface area (TPSA) is 99.4 Å². The van der Waals surface area contributed by atoms with Crippen LogP contribution in [0.2, 0.25) is 0 Å². The number of nitrogens with one attached hydrogen (secondary N) is 3. The van der Waals surface area contributed by atoms with Crippen LogP contribution in [0.15, 0.2) is 72.5 Å². The molecule has 6 aromatic rings. The summed E-state index contributed by atoms with van der Waals surface area (Å²) in [6, 6.07) is 16.6. The molecule has 0 aliphatic heterocycles. The molecule has 0 fully saturated rings. The van der Waals surface area contributed by atoms with Gasteiger partial charge >= 0.3 is 0 Å². The van der Waals surface area contributed by atoms with Crippen LogP contribution < -0.4 is 5.32 Å². The van der Waals surface area contributed by atoms with Crippen molar-refractivity contribution in [1.29, 1.82) is 0 Å². The monoisotopic (exact) mass is 492 g/mol. The molecule has 6 rings (SSSR count). The second-order valence-corrected chi connectivity index (χ2v) is 10.2. The van der Waals surface area contributed by atoms with Gasteiger partial charge in [0, 0.05) is 44.9 Å². The summed E-state index contributed by atoms with van der Waals surface area (Å²) in [7, 11) is 0. The first-order valence-corrected chi connectivity index (χ1v) is 12.7. The number of hydrogen-bond donors (Lipinski definition) is 3. The summed E-state index contributed by atoms with van der Waals surface area (Å²) >= 11 is 1.73. The maximum Gasteiger partial charge on any atom is 0.224 e. The molecule has 0 atom stereocenters. The standard InChI is InChI=1S/C28H24N6OS/c1-16(2)9-27(35)31-18-10-17(13-29-14-18)23-12-21-25(15-30-23)33-34-28(21)24-11-20-19(26-7-4-8-36-26)5-3-6-22(20)32-24/h3-8,10-16,32H,9H2,1-2H3,(H,31,35)(H,33,34). The summed E-state index contributed by atoms with van der Waals surface area (Å²) in [6.45, 7) is 4.04. The lowest BCUT2D eigenvalue weighted by molar-refractivity contribution is -0.116. The molecule has 1 amide bonds. The summed E-state index contributed by atoms with van der Waals surface area (Å²) in [5.74, 6) is 0.265. The summed E-state index contributed by atoms with van der Waals surface area (Å²) in [6.07, 6.45) is 5.65. The highest BCUT2D eigenvalue weighted by atomic mass is 32.1. The number of fused-ring (bicyclic) bond motifs is 2. The Morgan fingerprint density at radius 3 is 2.78 bits per heavy atom. The van der Waals surface area contributed by atoms with Crippen molar-refractivity contribution < 1.29 is 4.79 Å². The smallest absolute Gasteiger partial charge is 0.224 e. The number of hydrogen-bond acceptors (Lipinski definition) is 5. The fraction of sp³-hybridized carbons (Fsp3) is 0.143. The Labute approximate surface area is 211 Å². The molecule has 3 N–H and O–H groups in total. The van der Waals surface area contributed by atoms with E-state index in [1.165, 1.54) is 10.4 Å². The van der Waals surface area contributed by atoms with Gasteiger partial charge in [-0.15, -0.1) is 11.3 Å². The maximum absolute atomic E-state index is 12.2. The van der Waals surface area contributed by atoms with E-state index in [0.717, 1.165) is 44.5 Å². The van der Waals surface area contributed by atoms with Crippen molar-refractivity contribution in [3.8, 4) is 33.1 Å². The van der Waals surface area contributed by atoms with Crippen molar-refractivity contribution in [2.45, 2.75) is 20.3 Å². The molecule has 0 bridgehead atoms. The Morgan fingerprint density at radius 1 is 1.03 bits per heavy atom. The molecular formula is C28H24N6OS. The van der Waals surface area contributed by atoms with Crippen molar-refractivity contribution in [3.63, 3.8) is 0 Å². The average molecular weight is 493 g/mol. The Bertz CT molecular complexity index is 1700. The highest BCUT2D eigenvalue weighted by molar-refractivity contribution is 7.13. The average Bonchev–Trinajstić information content (AvgIpc) is 3.62. The summed E-state index contributed by atoms with van der Waals surface area (Å²) in [5.41, 5.74) is 7.12. The molecule has 0 saturated heterocycles. The molecule has 36 heavy (non-hydrogen) atoms. The third-order valence-electron chi connectivity index (χ3n) is 6.06. The van der Waals surface area contributed by atoms with Crippen molar-refractivity contribution in [2.75, 3.05) is 5.32 Å². The first-order chi connectivity index (χ1) is 17.5. The van der Waals surface area contributed by atoms with Gasteiger partial charge in [0.25, 0.3) is 0 Å².